The predicted molar refractivity (Wildman–Crippen MR) is 76.8 cm³/mol. The van der Waals surface area contributed by atoms with Crippen molar-refractivity contribution in [2.24, 2.45) is 0 Å². The van der Waals surface area contributed by atoms with Gasteiger partial charge in [0.2, 0.25) is 0 Å². The summed E-state index contributed by atoms with van der Waals surface area (Å²) in [7, 11) is 0. The Kier molecular flexibility index (Phi) is 6.06. The van der Waals surface area contributed by atoms with Crippen molar-refractivity contribution in [3.63, 3.8) is 0 Å². The fourth-order valence-electron chi connectivity index (χ4n) is 2.13. The molecule has 0 heterocycles. The first-order valence-corrected chi connectivity index (χ1v) is 6.76. The second-order valence-electron chi connectivity index (χ2n) is 4.54. The van der Waals surface area contributed by atoms with Crippen molar-refractivity contribution in [1.29, 1.82) is 0 Å². The number of nitrogens with one attached hydrogen (secondary N) is 1. The summed E-state index contributed by atoms with van der Waals surface area (Å²) in [6.07, 6.45) is 1.18. The number of anilines is 1. The fourth-order valence-corrected chi connectivity index (χ4v) is 2.13. The molecule has 0 bridgehead atoms. The van der Waals surface area contributed by atoms with E-state index in [4.69, 9.17) is 0 Å². The van der Waals surface area contributed by atoms with E-state index >= 15 is 0 Å². The van der Waals surface area contributed by atoms with E-state index < -0.39 is 0 Å². The minimum absolute atomic E-state index is 0.584. The molecule has 0 saturated heterocycles. The number of hydrogen-bond acceptors (Lipinski definition) is 2. The van der Waals surface area contributed by atoms with Crippen LogP contribution >= 0.6 is 0 Å². The van der Waals surface area contributed by atoms with Crippen LogP contribution < -0.4 is 10.2 Å². The van der Waals surface area contributed by atoms with Crippen molar-refractivity contribution in [2.45, 2.75) is 40.2 Å². The second kappa shape index (κ2) is 7.33. The van der Waals surface area contributed by atoms with E-state index in [1.165, 1.54) is 17.7 Å². The number of benzene rings is 1. The van der Waals surface area contributed by atoms with E-state index in [1.807, 2.05) is 0 Å². The second-order valence-corrected chi connectivity index (χ2v) is 4.54. The number of rotatable bonds is 7. The third kappa shape index (κ3) is 4.39. The van der Waals surface area contributed by atoms with E-state index in [2.05, 4.69) is 62.2 Å². The van der Waals surface area contributed by atoms with Crippen LogP contribution in [0.4, 0.5) is 5.69 Å². The maximum absolute atomic E-state index is 3.54. The maximum Gasteiger partial charge on any atom is 0.0369 e. The monoisotopic (exact) mass is 234 g/mol. The molecule has 0 spiro atoms. The molecule has 17 heavy (non-hydrogen) atoms. The number of nitrogens with zero attached hydrogens (tertiary/aromatic N) is 1. The van der Waals surface area contributed by atoms with Gasteiger partial charge in [-0.1, -0.05) is 26.0 Å². The molecule has 0 aromatic heterocycles. The van der Waals surface area contributed by atoms with E-state index in [0.717, 1.165) is 19.6 Å². The molecule has 1 unspecified atom stereocenters. The largest absolute Gasteiger partial charge is 0.370 e. The Morgan fingerprint density at radius 3 is 2.53 bits per heavy atom. The van der Waals surface area contributed by atoms with Crippen LogP contribution in [0.1, 0.15) is 32.8 Å². The topological polar surface area (TPSA) is 15.3 Å². The highest BCUT2D eigenvalue weighted by Gasteiger charge is 2.10. The first-order valence-electron chi connectivity index (χ1n) is 6.76. The lowest BCUT2D eigenvalue weighted by atomic mass is 10.1. The van der Waals surface area contributed by atoms with Gasteiger partial charge in [0, 0.05) is 24.8 Å². The van der Waals surface area contributed by atoms with E-state index in [1.54, 1.807) is 0 Å². The highest BCUT2D eigenvalue weighted by Crippen LogP contribution is 2.16. The lowest BCUT2D eigenvalue weighted by Crippen LogP contribution is -2.40. The SMILES string of the molecule is CCNC(CC)CN(CC)c1cccc(C)c1. The average molecular weight is 234 g/mol. The van der Waals surface area contributed by atoms with Crippen LogP contribution in [-0.2, 0) is 0 Å². The van der Waals surface area contributed by atoms with Crippen LogP contribution in [-0.4, -0.2) is 25.7 Å². The van der Waals surface area contributed by atoms with Crippen molar-refractivity contribution >= 4 is 5.69 Å². The molecule has 1 rings (SSSR count). The number of hydrogen-bond donors (Lipinski definition) is 1. The zero-order valence-electron chi connectivity index (χ0n) is 11.7. The van der Waals surface area contributed by atoms with E-state index in [-0.39, 0.29) is 0 Å². The molecule has 0 aliphatic carbocycles. The van der Waals surface area contributed by atoms with Crippen molar-refractivity contribution in [3.8, 4) is 0 Å². The zero-order chi connectivity index (χ0) is 12.7. The quantitative estimate of drug-likeness (QED) is 0.779. The van der Waals surface area contributed by atoms with Gasteiger partial charge in [-0.3, -0.25) is 0 Å². The summed E-state index contributed by atoms with van der Waals surface area (Å²) in [5.74, 6) is 0. The molecule has 2 heteroatoms. The lowest BCUT2D eigenvalue weighted by Gasteiger charge is -2.28. The Balaban J connectivity index is 2.70. The smallest absolute Gasteiger partial charge is 0.0369 e. The summed E-state index contributed by atoms with van der Waals surface area (Å²) in [5, 5.41) is 3.54. The lowest BCUT2D eigenvalue weighted by molar-refractivity contribution is 0.505. The molecule has 2 nitrogen and oxygen atoms in total. The number of aryl methyl sites for hydroxylation is 1. The van der Waals surface area contributed by atoms with Gasteiger partial charge in [-0.05, 0) is 44.5 Å². The zero-order valence-corrected chi connectivity index (χ0v) is 11.7. The molecule has 1 aromatic carbocycles. The van der Waals surface area contributed by atoms with Gasteiger partial charge in [-0.2, -0.15) is 0 Å². The van der Waals surface area contributed by atoms with Crippen LogP contribution in [0.2, 0.25) is 0 Å². The van der Waals surface area contributed by atoms with Crippen LogP contribution in [0.5, 0.6) is 0 Å². The third-order valence-electron chi connectivity index (χ3n) is 3.17. The van der Waals surface area contributed by atoms with Crippen LogP contribution in [0.3, 0.4) is 0 Å². The summed E-state index contributed by atoms with van der Waals surface area (Å²) >= 11 is 0. The van der Waals surface area contributed by atoms with Gasteiger partial charge in [0.05, 0.1) is 0 Å². The molecular weight excluding hydrogens is 208 g/mol. The first-order chi connectivity index (χ1) is 8.21. The van der Waals surface area contributed by atoms with Crippen molar-refractivity contribution in [3.05, 3.63) is 29.8 Å². The summed E-state index contributed by atoms with van der Waals surface area (Å²) in [4.78, 5) is 2.45. The molecule has 1 N–H and O–H groups in total. The van der Waals surface area contributed by atoms with E-state index in [9.17, 15) is 0 Å². The fraction of sp³-hybridized carbons (Fsp3) is 0.600. The molecule has 0 fully saturated rings. The Labute approximate surface area is 106 Å². The average Bonchev–Trinajstić information content (AvgIpc) is 2.34. The van der Waals surface area contributed by atoms with Crippen LogP contribution in [0.25, 0.3) is 0 Å². The summed E-state index contributed by atoms with van der Waals surface area (Å²) in [6.45, 7) is 12.0. The minimum atomic E-state index is 0.584. The third-order valence-corrected chi connectivity index (χ3v) is 3.17. The van der Waals surface area contributed by atoms with Gasteiger partial charge in [-0.25, -0.2) is 0 Å². The van der Waals surface area contributed by atoms with E-state index in [0.29, 0.717) is 6.04 Å². The van der Waals surface area contributed by atoms with Gasteiger partial charge in [0.15, 0.2) is 0 Å². The Hall–Kier alpha value is -1.02. The van der Waals surface area contributed by atoms with Gasteiger partial charge >= 0.3 is 0 Å². The molecule has 1 aromatic rings. The molecule has 1 atom stereocenters. The highest BCUT2D eigenvalue weighted by atomic mass is 15.1. The molecule has 0 radical (unpaired) electrons. The van der Waals surface area contributed by atoms with Gasteiger partial charge in [0.1, 0.15) is 0 Å². The molecule has 0 amide bonds. The van der Waals surface area contributed by atoms with Gasteiger partial charge in [0.25, 0.3) is 0 Å². The van der Waals surface area contributed by atoms with Crippen molar-refractivity contribution in [2.75, 3.05) is 24.5 Å². The molecule has 96 valence electrons. The molecule has 0 aliphatic rings. The van der Waals surface area contributed by atoms with Gasteiger partial charge < -0.3 is 10.2 Å². The summed E-state index contributed by atoms with van der Waals surface area (Å²) in [5.41, 5.74) is 2.67. The molecule has 0 aliphatic heterocycles. The predicted octanol–water partition coefficient (Wildman–Crippen LogP) is 3.21. The van der Waals surface area contributed by atoms with Gasteiger partial charge in [-0.15, -0.1) is 0 Å². The molecular formula is C15H26N2. The Morgan fingerprint density at radius 1 is 1.24 bits per heavy atom. The van der Waals surface area contributed by atoms with Crippen molar-refractivity contribution < 1.29 is 0 Å². The standard InChI is InChI=1S/C15H26N2/c1-5-14(16-6-2)12-17(7-3)15-10-8-9-13(4)11-15/h8-11,14,16H,5-7,12H2,1-4H3. The Morgan fingerprint density at radius 2 is 2.00 bits per heavy atom. The Bertz CT molecular complexity index is 322. The normalized spacial score (nSPS) is 12.5. The van der Waals surface area contributed by atoms with Crippen LogP contribution in [0, 0.1) is 6.92 Å². The minimum Gasteiger partial charge on any atom is -0.370 e. The molecule has 0 saturated carbocycles. The highest BCUT2D eigenvalue weighted by molar-refractivity contribution is 5.48. The first kappa shape index (κ1) is 14.0. The van der Waals surface area contributed by atoms with Crippen molar-refractivity contribution in [1.82, 2.24) is 5.32 Å². The number of likely N-dealkylation sites (N-methyl/N-ethyl adjacent to an activating group) is 2. The maximum atomic E-state index is 3.54. The summed E-state index contributed by atoms with van der Waals surface area (Å²) < 4.78 is 0. The van der Waals surface area contributed by atoms with Crippen LogP contribution in [0.15, 0.2) is 24.3 Å². The summed E-state index contributed by atoms with van der Waals surface area (Å²) in [6, 6.07) is 9.35.